The average Bonchev–Trinajstić information content (AvgIpc) is 3.00. The zero-order valence-electron chi connectivity index (χ0n) is 13.5. The highest BCUT2D eigenvalue weighted by Crippen LogP contribution is 2.24. The molecule has 0 bridgehead atoms. The van der Waals surface area contributed by atoms with Crippen LogP contribution in [0.5, 0.6) is 5.88 Å². The van der Waals surface area contributed by atoms with Crippen LogP contribution in [0.3, 0.4) is 0 Å². The summed E-state index contributed by atoms with van der Waals surface area (Å²) < 4.78 is 44.1. The third-order valence-electron chi connectivity index (χ3n) is 3.98. The van der Waals surface area contributed by atoms with Crippen molar-refractivity contribution >= 4 is 5.91 Å². The van der Waals surface area contributed by atoms with E-state index < -0.39 is 24.9 Å². The molecule has 25 heavy (non-hydrogen) atoms. The largest absolute Gasteiger partial charge is 0.472 e. The molecule has 5 nitrogen and oxygen atoms in total. The van der Waals surface area contributed by atoms with Crippen LogP contribution >= 0.6 is 0 Å². The Kier molecular flexibility index (Phi) is 4.96. The number of carbonyl (C=O) groups excluding carboxylic acids is 1. The topological polar surface area (TPSA) is 47.4 Å². The van der Waals surface area contributed by atoms with Crippen LogP contribution in [0, 0.1) is 0 Å². The SMILES string of the molecule is O=C(CCC(F)(F)F)N1CCn2nc(OCc3ccccc3)cc2C1. The average molecular weight is 353 g/mol. The number of hydrogen-bond acceptors (Lipinski definition) is 3. The highest BCUT2D eigenvalue weighted by atomic mass is 19.4. The van der Waals surface area contributed by atoms with E-state index in [0.29, 0.717) is 25.6 Å². The number of aromatic nitrogens is 2. The first-order chi connectivity index (χ1) is 11.9. The van der Waals surface area contributed by atoms with E-state index in [-0.39, 0.29) is 6.54 Å². The van der Waals surface area contributed by atoms with Gasteiger partial charge in [-0.25, -0.2) is 0 Å². The van der Waals surface area contributed by atoms with Crippen LogP contribution in [0.4, 0.5) is 13.2 Å². The molecule has 2 aromatic rings. The Morgan fingerprint density at radius 1 is 1.20 bits per heavy atom. The first-order valence-electron chi connectivity index (χ1n) is 7.99. The van der Waals surface area contributed by atoms with Gasteiger partial charge >= 0.3 is 6.18 Å². The van der Waals surface area contributed by atoms with Crippen LogP contribution in [0.2, 0.25) is 0 Å². The van der Waals surface area contributed by atoms with Crippen molar-refractivity contribution in [3.05, 3.63) is 47.7 Å². The zero-order chi connectivity index (χ0) is 17.9. The summed E-state index contributed by atoms with van der Waals surface area (Å²) in [6.07, 6.45) is -5.92. The molecule has 1 aromatic carbocycles. The number of hydrogen-bond donors (Lipinski definition) is 0. The molecule has 0 spiro atoms. The van der Waals surface area contributed by atoms with Gasteiger partial charge in [-0.15, -0.1) is 5.10 Å². The molecule has 134 valence electrons. The Hall–Kier alpha value is -2.51. The number of amides is 1. The van der Waals surface area contributed by atoms with Gasteiger partial charge in [0.15, 0.2) is 0 Å². The summed E-state index contributed by atoms with van der Waals surface area (Å²) in [5, 5.41) is 4.32. The Labute approximate surface area is 143 Å². The van der Waals surface area contributed by atoms with Gasteiger partial charge in [0.2, 0.25) is 11.8 Å². The van der Waals surface area contributed by atoms with Crippen molar-refractivity contribution in [1.29, 1.82) is 0 Å². The van der Waals surface area contributed by atoms with Gasteiger partial charge in [0.1, 0.15) is 6.61 Å². The second kappa shape index (κ2) is 7.16. The first kappa shape index (κ1) is 17.3. The molecule has 2 heterocycles. The third kappa shape index (κ3) is 4.74. The molecule has 0 fully saturated rings. The van der Waals surface area contributed by atoms with Gasteiger partial charge in [0.05, 0.1) is 25.2 Å². The summed E-state index contributed by atoms with van der Waals surface area (Å²) in [7, 11) is 0. The number of ether oxygens (including phenoxy) is 1. The fourth-order valence-electron chi connectivity index (χ4n) is 2.66. The molecule has 1 aliphatic heterocycles. The summed E-state index contributed by atoms with van der Waals surface area (Å²) in [6.45, 7) is 1.43. The molecule has 0 saturated carbocycles. The molecular weight excluding hydrogens is 335 g/mol. The third-order valence-corrected chi connectivity index (χ3v) is 3.98. The van der Waals surface area contributed by atoms with Crippen LogP contribution in [0.1, 0.15) is 24.1 Å². The number of nitrogens with zero attached hydrogens (tertiary/aromatic N) is 3. The van der Waals surface area contributed by atoms with Crippen molar-refractivity contribution in [3.63, 3.8) is 0 Å². The van der Waals surface area contributed by atoms with Crippen LogP contribution in [0.25, 0.3) is 0 Å². The Morgan fingerprint density at radius 3 is 2.68 bits per heavy atom. The van der Waals surface area contributed by atoms with Crippen molar-refractivity contribution < 1.29 is 22.7 Å². The van der Waals surface area contributed by atoms with E-state index in [1.165, 1.54) is 4.90 Å². The van der Waals surface area contributed by atoms with Crippen LogP contribution in [0.15, 0.2) is 36.4 Å². The van der Waals surface area contributed by atoms with E-state index >= 15 is 0 Å². The molecule has 8 heteroatoms. The Bertz CT molecular complexity index is 728. The van der Waals surface area contributed by atoms with Gasteiger partial charge in [-0.1, -0.05) is 30.3 Å². The molecular formula is C17H18F3N3O2. The minimum Gasteiger partial charge on any atom is -0.472 e. The van der Waals surface area contributed by atoms with Crippen molar-refractivity contribution in [2.45, 2.75) is 38.7 Å². The summed E-state index contributed by atoms with van der Waals surface area (Å²) >= 11 is 0. The molecule has 0 unspecified atom stereocenters. The van der Waals surface area contributed by atoms with Crippen molar-refractivity contribution in [2.24, 2.45) is 0 Å². The van der Waals surface area contributed by atoms with Gasteiger partial charge in [0.25, 0.3) is 0 Å². The van der Waals surface area contributed by atoms with E-state index in [1.807, 2.05) is 30.3 Å². The van der Waals surface area contributed by atoms with Gasteiger partial charge in [-0.05, 0) is 5.56 Å². The van der Waals surface area contributed by atoms with Crippen molar-refractivity contribution in [2.75, 3.05) is 6.54 Å². The van der Waals surface area contributed by atoms with Crippen molar-refractivity contribution in [3.8, 4) is 5.88 Å². The highest BCUT2D eigenvalue weighted by molar-refractivity contribution is 5.76. The van der Waals surface area contributed by atoms with Gasteiger partial charge in [-0.2, -0.15) is 13.2 Å². The predicted molar refractivity (Wildman–Crippen MR) is 83.7 cm³/mol. The molecule has 0 N–H and O–H groups in total. The second-order valence-corrected chi connectivity index (χ2v) is 5.90. The molecule has 1 aliphatic rings. The van der Waals surface area contributed by atoms with E-state index in [1.54, 1.807) is 10.7 Å². The van der Waals surface area contributed by atoms with Crippen LogP contribution < -0.4 is 4.74 Å². The summed E-state index contributed by atoms with van der Waals surface area (Å²) in [5.74, 6) is -0.0417. The Balaban J connectivity index is 1.56. The van der Waals surface area contributed by atoms with Gasteiger partial charge in [-0.3, -0.25) is 9.48 Å². The fraction of sp³-hybridized carbons (Fsp3) is 0.412. The molecule has 0 atom stereocenters. The number of alkyl halides is 3. The molecule has 0 aliphatic carbocycles. The minimum absolute atomic E-state index is 0.248. The summed E-state index contributed by atoms with van der Waals surface area (Å²) in [4.78, 5) is 13.4. The molecule has 1 aromatic heterocycles. The zero-order valence-corrected chi connectivity index (χ0v) is 13.5. The number of fused-ring (bicyclic) bond motifs is 1. The summed E-state index contributed by atoms with van der Waals surface area (Å²) in [6, 6.07) is 11.4. The van der Waals surface area contributed by atoms with Crippen LogP contribution in [-0.4, -0.2) is 33.3 Å². The molecule has 0 saturated heterocycles. The van der Waals surface area contributed by atoms with Crippen molar-refractivity contribution in [1.82, 2.24) is 14.7 Å². The minimum atomic E-state index is -4.31. The number of halogens is 3. The van der Waals surface area contributed by atoms with Crippen LogP contribution in [-0.2, 0) is 24.5 Å². The summed E-state index contributed by atoms with van der Waals surface area (Å²) in [5.41, 5.74) is 1.77. The lowest BCUT2D eigenvalue weighted by atomic mass is 10.2. The standard InChI is InChI=1S/C17H18F3N3O2/c18-17(19,20)7-6-16(24)22-8-9-23-14(11-22)10-15(21-23)25-12-13-4-2-1-3-5-13/h1-5,10H,6-9,11-12H2. The Morgan fingerprint density at radius 2 is 1.96 bits per heavy atom. The maximum atomic E-state index is 12.2. The lowest BCUT2D eigenvalue weighted by molar-refractivity contribution is -0.150. The van der Waals surface area contributed by atoms with E-state index in [0.717, 1.165) is 11.3 Å². The highest BCUT2D eigenvalue weighted by Gasteiger charge is 2.30. The predicted octanol–water partition coefficient (Wildman–Crippen LogP) is 3.15. The fourth-order valence-corrected chi connectivity index (χ4v) is 2.66. The first-order valence-corrected chi connectivity index (χ1v) is 7.99. The number of benzene rings is 1. The van der Waals surface area contributed by atoms with Gasteiger partial charge in [0, 0.05) is 19.0 Å². The molecule has 1 amide bonds. The monoisotopic (exact) mass is 353 g/mol. The second-order valence-electron chi connectivity index (χ2n) is 5.90. The van der Waals surface area contributed by atoms with E-state index in [4.69, 9.17) is 4.74 Å². The lowest BCUT2D eigenvalue weighted by Gasteiger charge is -2.27. The normalized spacial score (nSPS) is 14.3. The smallest absolute Gasteiger partial charge is 0.389 e. The number of rotatable bonds is 5. The van der Waals surface area contributed by atoms with E-state index in [2.05, 4.69) is 5.10 Å². The molecule has 3 rings (SSSR count). The lowest BCUT2D eigenvalue weighted by Crippen LogP contribution is -2.38. The van der Waals surface area contributed by atoms with Gasteiger partial charge < -0.3 is 9.64 Å². The molecule has 0 radical (unpaired) electrons. The maximum Gasteiger partial charge on any atom is 0.389 e. The maximum absolute atomic E-state index is 12.2. The van der Waals surface area contributed by atoms with E-state index in [9.17, 15) is 18.0 Å². The quantitative estimate of drug-likeness (QED) is 0.830. The number of carbonyl (C=O) groups is 1.